The molecule has 4 aliphatic rings. The summed E-state index contributed by atoms with van der Waals surface area (Å²) in [5, 5.41) is 9.89. The van der Waals surface area contributed by atoms with Crippen molar-refractivity contribution < 1.29 is 0 Å². The van der Waals surface area contributed by atoms with Crippen LogP contribution in [0.3, 0.4) is 0 Å². The molecule has 0 amide bonds. The standard InChI is InChI=1S/C59H50N4/c1-3-4-34-59(2)53-27-15-26-51(55(53)52-33-28-40(39-60)35-54(52)59)49-21-12-11-20-45(37-49)46-22-13-23-47(36-46)48-24-14-25-50(38-48)58-62-56(43-18-9-6-10-19-43)61-57(63-58)44-31-29-42(30-32-44)41-16-7-5-8-17-41/h5,7-9,11,13-33,35-38,52,54H,3-4,6,10,12,34H2,1-2H3. The third-order valence-corrected chi connectivity index (χ3v) is 13.4. The van der Waals surface area contributed by atoms with Crippen LogP contribution in [0.4, 0.5) is 0 Å². The highest BCUT2D eigenvalue weighted by Crippen LogP contribution is 2.57. The van der Waals surface area contributed by atoms with E-state index in [1.807, 2.05) is 12.1 Å². The summed E-state index contributed by atoms with van der Waals surface area (Å²) in [6.45, 7) is 4.70. The van der Waals surface area contributed by atoms with Crippen LogP contribution in [0.1, 0.15) is 86.4 Å². The Morgan fingerprint density at radius 2 is 1.29 bits per heavy atom. The number of nitriles is 1. The summed E-state index contributed by atoms with van der Waals surface area (Å²) in [7, 11) is 0. The monoisotopic (exact) mass is 814 g/mol. The predicted molar refractivity (Wildman–Crippen MR) is 260 cm³/mol. The molecule has 1 heterocycles. The first-order chi connectivity index (χ1) is 31.0. The van der Waals surface area contributed by atoms with Crippen molar-refractivity contribution in [3.05, 3.63) is 216 Å². The van der Waals surface area contributed by atoms with E-state index >= 15 is 0 Å². The van der Waals surface area contributed by atoms with Gasteiger partial charge in [0.1, 0.15) is 0 Å². The van der Waals surface area contributed by atoms with Crippen molar-refractivity contribution in [2.45, 2.75) is 63.7 Å². The Labute approximate surface area is 371 Å². The van der Waals surface area contributed by atoms with E-state index in [0.29, 0.717) is 17.5 Å². The van der Waals surface area contributed by atoms with Crippen LogP contribution >= 0.6 is 0 Å². The zero-order chi connectivity index (χ0) is 42.8. The lowest BCUT2D eigenvalue weighted by atomic mass is 9.69. The van der Waals surface area contributed by atoms with E-state index in [1.165, 1.54) is 39.0 Å². The molecule has 1 aromatic heterocycles. The minimum absolute atomic E-state index is 0.0272. The maximum atomic E-state index is 9.89. The van der Waals surface area contributed by atoms with E-state index in [9.17, 15) is 5.26 Å². The molecule has 0 fully saturated rings. The van der Waals surface area contributed by atoms with Gasteiger partial charge in [-0.3, -0.25) is 0 Å². The molecule has 0 spiro atoms. The van der Waals surface area contributed by atoms with Gasteiger partial charge >= 0.3 is 0 Å². The van der Waals surface area contributed by atoms with Gasteiger partial charge < -0.3 is 0 Å². The zero-order valence-electron chi connectivity index (χ0n) is 36.0. The third-order valence-electron chi connectivity index (χ3n) is 13.4. The van der Waals surface area contributed by atoms with Crippen molar-refractivity contribution in [1.29, 1.82) is 5.26 Å². The average Bonchev–Trinajstić information content (AvgIpc) is 3.46. The minimum Gasteiger partial charge on any atom is -0.208 e. The topological polar surface area (TPSA) is 62.5 Å². The molecular formula is C59H50N4. The van der Waals surface area contributed by atoms with Gasteiger partial charge in [0.15, 0.2) is 17.5 Å². The van der Waals surface area contributed by atoms with Gasteiger partial charge in [-0.2, -0.15) is 5.26 Å². The van der Waals surface area contributed by atoms with E-state index in [1.54, 1.807) is 0 Å². The van der Waals surface area contributed by atoms with Crippen molar-refractivity contribution in [2.24, 2.45) is 5.92 Å². The van der Waals surface area contributed by atoms with Gasteiger partial charge in [-0.15, -0.1) is 0 Å². The van der Waals surface area contributed by atoms with Gasteiger partial charge in [0.05, 0.1) is 6.07 Å². The maximum Gasteiger partial charge on any atom is 0.164 e. The van der Waals surface area contributed by atoms with Gasteiger partial charge in [-0.25, -0.2) is 15.0 Å². The number of benzene rings is 5. The van der Waals surface area contributed by atoms with Crippen LogP contribution in [-0.4, -0.2) is 15.0 Å². The number of nitrogens with zero attached hydrogens (tertiary/aromatic N) is 4. The fraction of sp³-hybridized carbons (Fsp3) is 0.186. The van der Waals surface area contributed by atoms with Crippen molar-refractivity contribution in [1.82, 2.24) is 15.0 Å². The first-order valence-electron chi connectivity index (χ1n) is 22.5. The molecule has 63 heavy (non-hydrogen) atoms. The Hall–Kier alpha value is -7.22. The molecule has 0 aliphatic heterocycles. The molecule has 10 rings (SSSR count). The summed E-state index contributed by atoms with van der Waals surface area (Å²) in [6.07, 6.45) is 28.7. The number of fused-ring (bicyclic) bond motifs is 3. The molecule has 3 unspecified atom stereocenters. The molecule has 4 heteroatoms. The average molecular weight is 815 g/mol. The van der Waals surface area contributed by atoms with Crippen LogP contribution in [0.2, 0.25) is 0 Å². The molecule has 3 atom stereocenters. The van der Waals surface area contributed by atoms with Crippen molar-refractivity contribution in [2.75, 3.05) is 0 Å². The summed E-state index contributed by atoms with van der Waals surface area (Å²) in [6, 6.07) is 45.7. The Bertz CT molecular complexity index is 2990. The van der Waals surface area contributed by atoms with Gasteiger partial charge in [0.2, 0.25) is 0 Å². The van der Waals surface area contributed by atoms with Gasteiger partial charge in [0.25, 0.3) is 0 Å². The first-order valence-corrected chi connectivity index (χ1v) is 22.5. The Morgan fingerprint density at radius 3 is 2.05 bits per heavy atom. The molecule has 0 N–H and O–H groups in total. The summed E-state index contributed by atoms with van der Waals surface area (Å²) in [5.41, 5.74) is 16.0. The van der Waals surface area contributed by atoms with E-state index in [2.05, 4.69) is 190 Å². The summed E-state index contributed by atoms with van der Waals surface area (Å²) >= 11 is 0. The van der Waals surface area contributed by atoms with Crippen LogP contribution in [0, 0.1) is 17.2 Å². The third kappa shape index (κ3) is 7.81. The van der Waals surface area contributed by atoms with Crippen molar-refractivity contribution in [3.63, 3.8) is 0 Å². The Morgan fingerprint density at radius 1 is 0.619 bits per heavy atom. The normalized spacial score (nSPS) is 19.8. The highest BCUT2D eigenvalue weighted by molar-refractivity contribution is 5.91. The first kappa shape index (κ1) is 39.9. The molecular weight excluding hydrogens is 765 g/mol. The van der Waals surface area contributed by atoms with E-state index < -0.39 is 0 Å². The number of unbranched alkanes of at least 4 members (excludes halogenated alkanes) is 1. The quantitative estimate of drug-likeness (QED) is 0.138. The Kier molecular flexibility index (Phi) is 10.9. The van der Waals surface area contributed by atoms with E-state index in [4.69, 9.17) is 15.0 Å². The van der Waals surface area contributed by atoms with Crippen LogP contribution in [0.15, 0.2) is 188 Å². The lowest BCUT2D eigenvalue weighted by molar-refractivity contribution is 0.325. The van der Waals surface area contributed by atoms with Crippen LogP contribution in [0.25, 0.3) is 61.7 Å². The van der Waals surface area contributed by atoms with Gasteiger partial charge in [0, 0.05) is 33.6 Å². The smallest absolute Gasteiger partial charge is 0.164 e. The number of hydrogen-bond donors (Lipinski definition) is 0. The molecule has 4 nitrogen and oxygen atoms in total. The maximum absolute atomic E-state index is 9.89. The molecule has 0 radical (unpaired) electrons. The number of allylic oxidation sites excluding steroid dienone is 14. The van der Waals surface area contributed by atoms with E-state index in [-0.39, 0.29) is 17.3 Å². The SMILES string of the molecule is CCCCC1(C)c2cccc(C3=CCC=CC(c4cccc(-c5cccc(-c6nc(C7=CCCC=C7)nc(-c7ccc(-c8ccccc8)cc7)n6)c5)c4)=C3)c2C2C=CC(C#N)=CC21. The van der Waals surface area contributed by atoms with Gasteiger partial charge in [-0.05, 0) is 112 Å². The second-order valence-corrected chi connectivity index (χ2v) is 17.4. The molecule has 0 saturated heterocycles. The van der Waals surface area contributed by atoms with Gasteiger partial charge in [-0.1, -0.05) is 184 Å². The van der Waals surface area contributed by atoms with Crippen molar-refractivity contribution >= 4 is 16.7 Å². The molecule has 6 aromatic rings. The summed E-state index contributed by atoms with van der Waals surface area (Å²) in [5.74, 6) is 2.51. The highest BCUT2D eigenvalue weighted by atomic mass is 15.0. The second-order valence-electron chi connectivity index (χ2n) is 17.4. The highest BCUT2D eigenvalue weighted by Gasteiger charge is 2.48. The van der Waals surface area contributed by atoms with Crippen LogP contribution in [-0.2, 0) is 5.41 Å². The summed E-state index contributed by atoms with van der Waals surface area (Å²) in [4.78, 5) is 15.2. The number of rotatable bonds is 10. The largest absolute Gasteiger partial charge is 0.208 e. The summed E-state index contributed by atoms with van der Waals surface area (Å²) < 4.78 is 0. The zero-order valence-corrected chi connectivity index (χ0v) is 36.0. The lowest BCUT2D eigenvalue weighted by Crippen LogP contribution is -2.29. The minimum atomic E-state index is -0.0272. The Balaban J connectivity index is 0.989. The molecule has 0 saturated carbocycles. The molecule has 306 valence electrons. The molecule has 0 bridgehead atoms. The van der Waals surface area contributed by atoms with Crippen LogP contribution in [0.5, 0.6) is 0 Å². The lowest BCUT2D eigenvalue weighted by Gasteiger charge is -2.34. The number of hydrogen-bond acceptors (Lipinski definition) is 4. The second kappa shape index (κ2) is 17.3. The predicted octanol–water partition coefficient (Wildman–Crippen LogP) is 14.9. The van der Waals surface area contributed by atoms with Crippen LogP contribution < -0.4 is 0 Å². The molecule has 4 aliphatic carbocycles. The number of aromatic nitrogens is 3. The van der Waals surface area contributed by atoms with E-state index in [0.717, 1.165) is 77.5 Å². The molecule has 5 aromatic carbocycles. The fourth-order valence-corrected chi connectivity index (χ4v) is 10.0. The van der Waals surface area contributed by atoms with Crippen molar-refractivity contribution in [3.8, 4) is 51.1 Å². The fourth-order valence-electron chi connectivity index (χ4n) is 10.0.